The zero-order chi connectivity index (χ0) is 23.4. The van der Waals surface area contributed by atoms with Gasteiger partial charge in [0.1, 0.15) is 0 Å². The molecule has 1 N–H and O–H groups in total. The predicted molar refractivity (Wildman–Crippen MR) is 131 cm³/mol. The second-order valence-electron chi connectivity index (χ2n) is 9.01. The highest BCUT2D eigenvalue weighted by Crippen LogP contribution is 2.43. The number of para-hydroxylation sites is 1. The first kappa shape index (κ1) is 22.9. The number of amides is 1. The number of aliphatic hydroxyl groups is 1. The van der Waals surface area contributed by atoms with E-state index in [1.54, 1.807) is 17.0 Å². The van der Waals surface area contributed by atoms with Gasteiger partial charge in [-0.2, -0.15) is 0 Å². The molecule has 1 aliphatic heterocycles. The summed E-state index contributed by atoms with van der Waals surface area (Å²) in [5.41, 5.74) is 3.12. The first-order valence-corrected chi connectivity index (χ1v) is 11.7. The Hall–Kier alpha value is -3.24. The summed E-state index contributed by atoms with van der Waals surface area (Å²) >= 11 is 0. The van der Waals surface area contributed by atoms with Crippen molar-refractivity contribution >= 4 is 17.4 Å². The lowest BCUT2D eigenvalue weighted by atomic mass is 9.88. The van der Waals surface area contributed by atoms with Crippen molar-refractivity contribution in [2.24, 2.45) is 0 Å². The van der Waals surface area contributed by atoms with Crippen LogP contribution in [0.3, 0.4) is 0 Å². The highest BCUT2D eigenvalue weighted by molar-refractivity contribution is 6.10. The van der Waals surface area contributed by atoms with E-state index in [9.17, 15) is 14.7 Å². The van der Waals surface area contributed by atoms with Gasteiger partial charge in [-0.3, -0.25) is 9.59 Å². The largest absolute Gasteiger partial charge is 0.375 e. The third-order valence-corrected chi connectivity index (χ3v) is 6.46. The number of ketones is 1. The lowest BCUT2D eigenvalue weighted by Crippen LogP contribution is -2.41. The third kappa shape index (κ3) is 4.76. The van der Waals surface area contributed by atoms with Crippen molar-refractivity contribution in [1.29, 1.82) is 0 Å². The Balaban J connectivity index is 1.54. The molecule has 1 atom stereocenters. The van der Waals surface area contributed by atoms with Crippen molar-refractivity contribution in [3.05, 3.63) is 101 Å². The van der Waals surface area contributed by atoms with Crippen molar-refractivity contribution < 1.29 is 14.7 Å². The predicted octanol–water partition coefficient (Wildman–Crippen LogP) is 5.74. The van der Waals surface area contributed by atoms with Gasteiger partial charge in [0.2, 0.25) is 0 Å². The number of Topliss-reactive ketones (excluding diaryl/α,β-unsaturated/α-hetero) is 1. The number of aryl methyl sites for hydroxylation is 2. The summed E-state index contributed by atoms with van der Waals surface area (Å²) in [6.07, 6.45) is 4.21. The zero-order valence-corrected chi connectivity index (χ0v) is 19.4. The van der Waals surface area contributed by atoms with Crippen LogP contribution in [0.25, 0.3) is 0 Å². The van der Waals surface area contributed by atoms with E-state index in [1.165, 1.54) is 18.4 Å². The van der Waals surface area contributed by atoms with E-state index >= 15 is 0 Å². The first-order valence-electron chi connectivity index (χ1n) is 11.7. The molecule has 0 radical (unpaired) electrons. The Morgan fingerprint density at radius 3 is 2.27 bits per heavy atom. The molecule has 0 fully saturated rings. The highest BCUT2D eigenvalue weighted by atomic mass is 16.3. The molecule has 1 aliphatic rings. The number of unbranched alkanes of at least 4 members (excludes halogenated alkanes) is 2. The van der Waals surface area contributed by atoms with Crippen LogP contribution in [-0.2, 0) is 23.4 Å². The fourth-order valence-corrected chi connectivity index (χ4v) is 4.48. The molecule has 3 aromatic carbocycles. The molecular weight excluding hydrogens is 410 g/mol. The minimum Gasteiger partial charge on any atom is -0.375 e. The van der Waals surface area contributed by atoms with Crippen LogP contribution in [0, 0.1) is 6.92 Å². The third-order valence-electron chi connectivity index (χ3n) is 6.46. The zero-order valence-electron chi connectivity index (χ0n) is 19.4. The summed E-state index contributed by atoms with van der Waals surface area (Å²) in [6.45, 7) is 4.54. The van der Waals surface area contributed by atoms with E-state index in [0.717, 1.165) is 24.0 Å². The van der Waals surface area contributed by atoms with Crippen LogP contribution in [0.15, 0.2) is 72.8 Å². The molecule has 1 heterocycles. The average Bonchev–Trinajstić information content (AvgIpc) is 3.03. The number of rotatable bonds is 9. The fourth-order valence-electron chi connectivity index (χ4n) is 4.48. The number of hydrogen-bond donors (Lipinski definition) is 1. The molecule has 0 aliphatic carbocycles. The van der Waals surface area contributed by atoms with E-state index in [1.807, 2.05) is 67.6 Å². The molecule has 4 rings (SSSR count). The Kier molecular flexibility index (Phi) is 6.75. The van der Waals surface area contributed by atoms with E-state index in [-0.39, 0.29) is 12.2 Å². The summed E-state index contributed by atoms with van der Waals surface area (Å²) < 4.78 is 0. The van der Waals surface area contributed by atoms with Gasteiger partial charge in [-0.1, -0.05) is 92.1 Å². The van der Waals surface area contributed by atoms with E-state index < -0.39 is 11.5 Å². The second kappa shape index (κ2) is 9.72. The SMILES string of the molecule is CCCCCc1ccc(C(=O)CC2(O)C(=O)N(Cc3ccc(C)cc3)c3ccccc32)cc1. The molecule has 0 saturated carbocycles. The fraction of sp³-hybridized carbons (Fsp3) is 0.310. The molecule has 4 nitrogen and oxygen atoms in total. The lowest BCUT2D eigenvalue weighted by Gasteiger charge is -2.23. The summed E-state index contributed by atoms with van der Waals surface area (Å²) in [7, 11) is 0. The maximum Gasteiger partial charge on any atom is 0.264 e. The van der Waals surface area contributed by atoms with Gasteiger partial charge in [0.15, 0.2) is 11.4 Å². The molecule has 170 valence electrons. The van der Waals surface area contributed by atoms with Gasteiger partial charge in [0, 0.05) is 11.1 Å². The Morgan fingerprint density at radius 1 is 0.909 bits per heavy atom. The number of fused-ring (bicyclic) bond motifs is 1. The summed E-state index contributed by atoms with van der Waals surface area (Å²) in [4.78, 5) is 28.1. The minimum absolute atomic E-state index is 0.238. The van der Waals surface area contributed by atoms with Gasteiger partial charge in [0.25, 0.3) is 5.91 Å². The number of benzene rings is 3. The van der Waals surface area contributed by atoms with Crippen LogP contribution in [0.5, 0.6) is 0 Å². The summed E-state index contributed by atoms with van der Waals surface area (Å²) in [5, 5.41) is 11.5. The number of anilines is 1. The number of carbonyl (C=O) groups excluding carboxylic acids is 2. The Labute approximate surface area is 195 Å². The number of hydrogen-bond acceptors (Lipinski definition) is 3. The average molecular weight is 442 g/mol. The molecule has 33 heavy (non-hydrogen) atoms. The first-order chi connectivity index (χ1) is 15.9. The lowest BCUT2D eigenvalue weighted by molar-refractivity contribution is -0.136. The van der Waals surface area contributed by atoms with Crippen LogP contribution in [0.1, 0.15) is 65.2 Å². The summed E-state index contributed by atoms with van der Waals surface area (Å²) in [6, 6.07) is 22.7. The van der Waals surface area contributed by atoms with Crippen molar-refractivity contribution in [2.75, 3.05) is 4.90 Å². The smallest absolute Gasteiger partial charge is 0.264 e. The normalized spacial score (nSPS) is 17.3. The molecule has 3 aromatic rings. The van der Waals surface area contributed by atoms with Crippen molar-refractivity contribution in [2.45, 2.75) is 58.1 Å². The van der Waals surface area contributed by atoms with Crippen LogP contribution in [-0.4, -0.2) is 16.8 Å². The molecule has 1 unspecified atom stereocenters. The topological polar surface area (TPSA) is 57.6 Å². The highest BCUT2D eigenvalue weighted by Gasteiger charge is 2.50. The van der Waals surface area contributed by atoms with Gasteiger partial charge in [0.05, 0.1) is 18.7 Å². The van der Waals surface area contributed by atoms with Gasteiger partial charge in [-0.05, 0) is 37.0 Å². The van der Waals surface area contributed by atoms with Crippen molar-refractivity contribution in [1.82, 2.24) is 0 Å². The molecule has 0 aromatic heterocycles. The van der Waals surface area contributed by atoms with Gasteiger partial charge < -0.3 is 10.0 Å². The molecular formula is C29H31NO3. The maximum atomic E-state index is 13.4. The van der Waals surface area contributed by atoms with E-state index in [4.69, 9.17) is 0 Å². The van der Waals surface area contributed by atoms with Crippen LogP contribution < -0.4 is 4.90 Å². The quantitative estimate of drug-likeness (QED) is 0.340. The van der Waals surface area contributed by atoms with E-state index in [2.05, 4.69) is 6.92 Å². The van der Waals surface area contributed by atoms with Crippen LogP contribution in [0.4, 0.5) is 5.69 Å². The van der Waals surface area contributed by atoms with Crippen molar-refractivity contribution in [3.63, 3.8) is 0 Å². The standard InChI is InChI=1S/C29H31NO3/c1-3-4-5-8-22-15-17-24(18-16-22)27(31)19-29(33)25-9-6-7-10-26(25)30(28(29)32)20-23-13-11-21(2)12-14-23/h6-7,9-18,33H,3-5,8,19-20H2,1-2H3. The monoisotopic (exact) mass is 441 g/mol. The molecule has 1 amide bonds. The molecule has 4 heteroatoms. The van der Waals surface area contributed by atoms with Crippen molar-refractivity contribution in [3.8, 4) is 0 Å². The number of nitrogens with zero attached hydrogens (tertiary/aromatic N) is 1. The molecule has 0 saturated heterocycles. The molecule has 0 bridgehead atoms. The summed E-state index contributed by atoms with van der Waals surface area (Å²) in [5.74, 6) is -0.688. The van der Waals surface area contributed by atoms with Gasteiger partial charge >= 0.3 is 0 Å². The Morgan fingerprint density at radius 2 is 1.58 bits per heavy atom. The maximum absolute atomic E-state index is 13.4. The molecule has 0 spiro atoms. The Bertz CT molecular complexity index is 1130. The minimum atomic E-state index is -1.86. The van der Waals surface area contributed by atoms with Crippen LogP contribution in [0.2, 0.25) is 0 Å². The van der Waals surface area contributed by atoms with Gasteiger partial charge in [-0.15, -0.1) is 0 Å². The second-order valence-corrected chi connectivity index (χ2v) is 9.01. The van der Waals surface area contributed by atoms with Crippen LogP contribution >= 0.6 is 0 Å². The van der Waals surface area contributed by atoms with E-state index in [0.29, 0.717) is 23.4 Å². The van der Waals surface area contributed by atoms with Gasteiger partial charge in [-0.25, -0.2) is 0 Å². The number of carbonyl (C=O) groups is 2.